The first-order valence-electron chi connectivity index (χ1n) is 7.56. The van der Waals surface area contributed by atoms with Gasteiger partial charge in [0, 0.05) is 6.04 Å². The van der Waals surface area contributed by atoms with Crippen LogP contribution >= 0.6 is 0 Å². The molecule has 0 aromatic heterocycles. The molecule has 1 N–H and O–H groups in total. The molecule has 2 unspecified atom stereocenters. The molecule has 0 aliphatic heterocycles. The molecule has 0 saturated carbocycles. The molecule has 2 nitrogen and oxygen atoms in total. The average Bonchev–Trinajstić information content (AvgIpc) is 2.42. The number of rotatable bonds is 8. The van der Waals surface area contributed by atoms with Gasteiger partial charge in [0.15, 0.2) is 0 Å². The molecule has 108 valence electrons. The fraction of sp³-hybridized carbons (Fsp3) is 0.647. The lowest BCUT2D eigenvalue weighted by atomic mass is 9.86. The van der Waals surface area contributed by atoms with Crippen molar-refractivity contribution in [2.24, 2.45) is 11.8 Å². The Morgan fingerprint density at radius 1 is 1.05 bits per heavy atom. The summed E-state index contributed by atoms with van der Waals surface area (Å²) >= 11 is 0. The first kappa shape index (κ1) is 16.0. The van der Waals surface area contributed by atoms with E-state index in [2.05, 4.69) is 64.2 Å². The highest BCUT2D eigenvalue weighted by molar-refractivity contribution is 5.29. The summed E-state index contributed by atoms with van der Waals surface area (Å²) in [5, 5.41) is 3.60. The van der Waals surface area contributed by atoms with Crippen molar-refractivity contribution in [3.05, 3.63) is 29.8 Å². The Hall–Kier alpha value is -1.02. The Labute approximate surface area is 118 Å². The van der Waals surface area contributed by atoms with Gasteiger partial charge in [-0.2, -0.15) is 0 Å². The molecule has 0 radical (unpaired) electrons. The third kappa shape index (κ3) is 4.87. The van der Waals surface area contributed by atoms with Gasteiger partial charge in [0.1, 0.15) is 5.75 Å². The van der Waals surface area contributed by atoms with Crippen LogP contribution in [0.2, 0.25) is 0 Å². The molecule has 0 spiro atoms. The van der Waals surface area contributed by atoms with Crippen molar-refractivity contribution in [3.8, 4) is 5.75 Å². The summed E-state index contributed by atoms with van der Waals surface area (Å²) in [4.78, 5) is 0. The maximum Gasteiger partial charge on any atom is 0.119 e. The van der Waals surface area contributed by atoms with Crippen LogP contribution in [-0.4, -0.2) is 13.2 Å². The molecule has 0 aliphatic rings. The molecule has 0 saturated heterocycles. The molecule has 0 amide bonds. The van der Waals surface area contributed by atoms with E-state index in [4.69, 9.17) is 4.74 Å². The molecule has 0 fully saturated rings. The van der Waals surface area contributed by atoms with Crippen molar-refractivity contribution in [2.75, 3.05) is 13.2 Å². The molecule has 1 aromatic carbocycles. The van der Waals surface area contributed by atoms with E-state index in [1.807, 2.05) is 0 Å². The van der Waals surface area contributed by atoms with Crippen molar-refractivity contribution in [2.45, 2.75) is 47.1 Å². The van der Waals surface area contributed by atoms with Crippen LogP contribution in [0.3, 0.4) is 0 Å². The van der Waals surface area contributed by atoms with Crippen LogP contribution in [0.4, 0.5) is 0 Å². The maximum atomic E-state index is 5.64. The van der Waals surface area contributed by atoms with E-state index in [0.717, 1.165) is 25.3 Å². The van der Waals surface area contributed by atoms with Gasteiger partial charge in [0.2, 0.25) is 0 Å². The second kappa shape index (κ2) is 8.21. The standard InChI is InChI=1S/C17H29NO/c1-6-12-19-16-10-8-15(9-11-16)17(18-7-2)14(5)13(3)4/h8-11,13-14,17-18H,6-7,12H2,1-5H3. The van der Waals surface area contributed by atoms with Crippen LogP contribution in [0, 0.1) is 11.8 Å². The van der Waals surface area contributed by atoms with Gasteiger partial charge in [-0.1, -0.05) is 46.8 Å². The van der Waals surface area contributed by atoms with Crippen LogP contribution in [-0.2, 0) is 0 Å². The second-order valence-corrected chi connectivity index (χ2v) is 5.56. The lowest BCUT2D eigenvalue weighted by Crippen LogP contribution is -2.29. The van der Waals surface area contributed by atoms with Crippen LogP contribution in [0.5, 0.6) is 5.75 Å². The molecule has 0 heterocycles. The summed E-state index contributed by atoms with van der Waals surface area (Å²) in [6.07, 6.45) is 1.05. The first-order valence-corrected chi connectivity index (χ1v) is 7.56. The van der Waals surface area contributed by atoms with E-state index < -0.39 is 0 Å². The van der Waals surface area contributed by atoms with Crippen molar-refractivity contribution < 1.29 is 4.74 Å². The van der Waals surface area contributed by atoms with Gasteiger partial charge < -0.3 is 10.1 Å². The van der Waals surface area contributed by atoms with Crippen LogP contribution in [0.15, 0.2) is 24.3 Å². The number of nitrogens with one attached hydrogen (secondary N) is 1. The van der Waals surface area contributed by atoms with Crippen molar-refractivity contribution in [1.29, 1.82) is 0 Å². The van der Waals surface area contributed by atoms with Crippen LogP contribution < -0.4 is 10.1 Å². The van der Waals surface area contributed by atoms with E-state index in [9.17, 15) is 0 Å². The zero-order chi connectivity index (χ0) is 14.3. The minimum atomic E-state index is 0.422. The third-order valence-electron chi connectivity index (χ3n) is 3.71. The second-order valence-electron chi connectivity index (χ2n) is 5.56. The normalized spacial score (nSPS) is 14.4. The topological polar surface area (TPSA) is 21.3 Å². The van der Waals surface area contributed by atoms with Gasteiger partial charge in [0.25, 0.3) is 0 Å². The predicted octanol–water partition coefficient (Wildman–Crippen LogP) is 4.42. The van der Waals surface area contributed by atoms with Gasteiger partial charge in [-0.25, -0.2) is 0 Å². The smallest absolute Gasteiger partial charge is 0.119 e. The Balaban J connectivity index is 2.79. The zero-order valence-electron chi connectivity index (χ0n) is 13.1. The predicted molar refractivity (Wildman–Crippen MR) is 82.6 cm³/mol. The Morgan fingerprint density at radius 3 is 2.16 bits per heavy atom. The van der Waals surface area contributed by atoms with Crippen molar-refractivity contribution in [1.82, 2.24) is 5.32 Å². The highest BCUT2D eigenvalue weighted by Gasteiger charge is 2.20. The van der Waals surface area contributed by atoms with Crippen molar-refractivity contribution >= 4 is 0 Å². The summed E-state index contributed by atoms with van der Waals surface area (Å²) in [6.45, 7) is 13.0. The molecular formula is C17H29NO. The lowest BCUT2D eigenvalue weighted by Gasteiger charge is -2.28. The van der Waals surface area contributed by atoms with Gasteiger partial charge >= 0.3 is 0 Å². The Morgan fingerprint density at radius 2 is 1.68 bits per heavy atom. The Bertz CT molecular complexity index is 345. The molecule has 19 heavy (non-hydrogen) atoms. The summed E-state index contributed by atoms with van der Waals surface area (Å²) in [7, 11) is 0. The first-order chi connectivity index (χ1) is 9.10. The monoisotopic (exact) mass is 263 g/mol. The van der Waals surface area contributed by atoms with E-state index in [-0.39, 0.29) is 0 Å². The van der Waals surface area contributed by atoms with E-state index in [0.29, 0.717) is 17.9 Å². The van der Waals surface area contributed by atoms with E-state index in [1.54, 1.807) is 0 Å². The quantitative estimate of drug-likeness (QED) is 0.749. The average molecular weight is 263 g/mol. The summed E-state index contributed by atoms with van der Waals surface area (Å²) in [5.41, 5.74) is 1.35. The van der Waals surface area contributed by atoms with Crippen LogP contribution in [0.25, 0.3) is 0 Å². The fourth-order valence-corrected chi connectivity index (χ4v) is 2.20. The highest BCUT2D eigenvalue weighted by Crippen LogP contribution is 2.28. The van der Waals surface area contributed by atoms with E-state index in [1.165, 1.54) is 5.56 Å². The van der Waals surface area contributed by atoms with E-state index >= 15 is 0 Å². The van der Waals surface area contributed by atoms with Crippen LogP contribution in [0.1, 0.15) is 52.6 Å². The lowest BCUT2D eigenvalue weighted by molar-refractivity contribution is 0.305. The van der Waals surface area contributed by atoms with Gasteiger partial charge in [-0.3, -0.25) is 0 Å². The summed E-state index contributed by atoms with van der Waals surface area (Å²) in [6, 6.07) is 8.98. The maximum absolute atomic E-state index is 5.64. The molecular weight excluding hydrogens is 234 g/mol. The molecule has 1 aromatic rings. The molecule has 1 rings (SSSR count). The number of hydrogen-bond acceptors (Lipinski definition) is 2. The third-order valence-corrected chi connectivity index (χ3v) is 3.71. The minimum Gasteiger partial charge on any atom is -0.494 e. The largest absolute Gasteiger partial charge is 0.494 e. The highest BCUT2D eigenvalue weighted by atomic mass is 16.5. The zero-order valence-corrected chi connectivity index (χ0v) is 13.1. The summed E-state index contributed by atoms with van der Waals surface area (Å²) in [5.74, 6) is 2.25. The minimum absolute atomic E-state index is 0.422. The Kier molecular flexibility index (Phi) is 6.93. The molecule has 2 atom stereocenters. The van der Waals surface area contributed by atoms with Gasteiger partial charge in [-0.05, 0) is 42.5 Å². The molecule has 0 bridgehead atoms. The SMILES string of the molecule is CCCOc1ccc(C(NCC)C(C)C(C)C)cc1. The summed E-state index contributed by atoms with van der Waals surface area (Å²) < 4.78 is 5.64. The molecule has 2 heteroatoms. The molecule has 0 aliphatic carbocycles. The van der Waals surface area contributed by atoms with Gasteiger partial charge in [-0.15, -0.1) is 0 Å². The van der Waals surface area contributed by atoms with Gasteiger partial charge in [0.05, 0.1) is 6.61 Å². The number of ether oxygens (including phenoxy) is 1. The van der Waals surface area contributed by atoms with Crippen molar-refractivity contribution in [3.63, 3.8) is 0 Å². The number of benzene rings is 1. The fourth-order valence-electron chi connectivity index (χ4n) is 2.20. The number of hydrogen-bond donors (Lipinski definition) is 1.